The first-order valence-electron chi connectivity index (χ1n) is 6.86. The number of hydrogen-bond acceptors (Lipinski definition) is 3. The molecule has 1 heterocycles. The van der Waals surface area contributed by atoms with E-state index in [0.717, 1.165) is 35.7 Å². The Bertz CT molecular complexity index is 666. The van der Waals surface area contributed by atoms with E-state index < -0.39 is 0 Å². The molecule has 1 aromatic heterocycles. The van der Waals surface area contributed by atoms with Crippen molar-refractivity contribution in [1.82, 2.24) is 9.78 Å². The highest BCUT2D eigenvalue weighted by Gasteiger charge is 2.21. The minimum absolute atomic E-state index is 0.00681. The molecule has 1 amide bonds. The van der Waals surface area contributed by atoms with Gasteiger partial charge < -0.3 is 5.32 Å². The summed E-state index contributed by atoms with van der Waals surface area (Å²) in [6, 6.07) is 7.50. The highest BCUT2D eigenvalue weighted by molar-refractivity contribution is 8.00. The van der Waals surface area contributed by atoms with Crippen molar-refractivity contribution in [3.63, 3.8) is 0 Å². The van der Waals surface area contributed by atoms with Crippen LogP contribution in [0.25, 0.3) is 0 Å². The number of rotatable bonds is 4. The first-order valence-corrected chi connectivity index (χ1v) is 8.23. The highest BCUT2D eigenvalue weighted by Crippen LogP contribution is 2.28. The van der Waals surface area contributed by atoms with Crippen molar-refractivity contribution >= 4 is 35.1 Å². The monoisotopic (exact) mass is 321 g/mol. The van der Waals surface area contributed by atoms with E-state index in [4.69, 9.17) is 11.6 Å². The number of anilines is 1. The first kappa shape index (κ1) is 14.5. The maximum Gasteiger partial charge on any atom is 0.235 e. The number of aromatic nitrogens is 2. The van der Waals surface area contributed by atoms with Crippen molar-refractivity contribution in [2.45, 2.75) is 24.2 Å². The number of amides is 1. The summed E-state index contributed by atoms with van der Waals surface area (Å²) < 4.78 is 1.77. The SMILES string of the molecule is Cn1nc2c(c1NC(=O)CSc1ccc(Cl)cc1)CCC2. The molecular formula is C15H16ClN3OS. The Kier molecular flexibility index (Phi) is 4.22. The summed E-state index contributed by atoms with van der Waals surface area (Å²) in [5.41, 5.74) is 2.32. The van der Waals surface area contributed by atoms with E-state index >= 15 is 0 Å². The fraction of sp³-hybridized carbons (Fsp3) is 0.333. The summed E-state index contributed by atoms with van der Waals surface area (Å²) in [6.45, 7) is 0. The Hall–Kier alpha value is -1.46. The van der Waals surface area contributed by atoms with Gasteiger partial charge in [-0.3, -0.25) is 9.48 Å². The molecule has 3 rings (SSSR count). The van der Waals surface area contributed by atoms with Crippen LogP contribution < -0.4 is 5.32 Å². The summed E-state index contributed by atoms with van der Waals surface area (Å²) in [5.74, 6) is 1.22. The Morgan fingerprint density at radius 3 is 2.90 bits per heavy atom. The van der Waals surface area contributed by atoms with Gasteiger partial charge in [-0.2, -0.15) is 5.10 Å². The number of benzene rings is 1. The quantitative estimate of drug-likeness (QED) is 0.879. The normalized spacial score (nSPS) is 13.2. The minimum Gasteiger partial charge on any atom is -0.310 e. The molecule has 4 nitrogen and oxygen atoms in total. The average Bonchev–Trinajstić information content (AvgIpc) is 3.01. The van der Waals surface area contributed by atoms with Gasteiger partial charge in [-0.15, -0.1) is 11.8 Å². The van der Waals surface area contributed by atoms with Crippen LogP contribution in [-0.2, 0) is 24.7 Å². The second-order valence-electron chi connectivity index (χ2n) is 5.04. The van der Waals surface area contributed by atoms with Crippen LogP contribution in [0.3, 0.4) is 0 Å². The molecule has 1 N–H and O–H groups in total. The molecule has 0 radical (unpaired) electrons. The van der Waals surface area contributed by atoms with E-state index in [1.165, 1.54) is 17.3 Å². The molecule has 21 heavy (non-hydrogen) atoms. The van der Waals surface area contributed by atoms with Crippen LogP contribution in [0.2, 0.25) is 5.02 Å². The van der Waals surface area contributed by atoms with E-state index in [0.29, 0.717) is 10.8 Å². The molecule has 2 aromatic rings. The van der Waals surface area contributed by atoms with Gasteiger partial charge in [0.05, 0.1) is 11.4 Å². The lowest BCUT2D eigenvalue weighted by Crippen LogP contribution is -2.17. The van der Waals surface area contributed by atoms with Crippen LogP contribution in [-0.4, -0.2) is 21.4 Å². The number of nitrogens with one attached hydrogen (secondary N) is 1. The number of nitrogens with zero attached hydrogens (tertiary/aromatic N) is 2. The summed E-state index contributed by atoms with van der Waals surface area (Å²) in [5, 5.41) is 8.14. The minimum atomic E-state index is -0.00681. The summed E-state index contributed by atoms with van der Waals surface area (Å²) in [6.07, 6.45) is 3.14. The first-order chi connectivity index (χ1) is 10.1. The topological polar surface area (TPSA) is 46.9 Å². The number of fused-ring (bicyclic) bond motifs is 1. The van der Waals surface area contributed by atoms with Crippen LogP contribution in [0.15, 0.2) is 29.2 Å². The smallest absolute Gasteiger partial charge is 0.235 e. The molecule has 0 saturated heterocycles. The molecule has 1 aliphatic rings. The zero-order valence-corrected chi connectivity index (χ0v) is 13.3. The molecule has 0 atom stereocenters. The lowest BCUT2D eigenvalue weighted by atomic mass is 10.2. The fourth-order valence-corrected chi connectivity index (χ4v) is 3.35. The largest absolute Gasteiger partial charge is 0.310 e. The molecular weight excluding hydrogens is 306 g/mol. The number of carbonyl (C=O) groups excluding carboxylic acids is 1. The third-order valence-corrected chi connectivity index (χ3v) is 4.77. The van der Waals surface area contributed by atoms with Gasteiger partial charge in [0.25, 0.3) is 0 Å². The van der Waals surface area contributed by atoms with E-state index in [9.17, 15) is 4.79 Å². The Morgan fingerprint density at radius 1 is 1.38 bits per heavy atom. The molecule has 0 saturated carbocycles. The van der Waals surface area contributed by atoms with Crippen LogP contribution in [0, 0.1) is 0 Å². The lowest BCUT2D eigenvalue weighted by molar-refractivity contribution is -0.113. The standard InChI is InChI=1S/C15H16ClN3OS/c1-19-15(12-3-2-4-13(12)18-19)17-14(20)9-21-11-7-5-10(16)6-8-11/h5-8H,2-4,9H2,1H3,(H,17,20). The number of aryl methyl sites for hydroxylation is 2. The molecule has 1 aliphatic carbocycles. The van der Waals surface area contributed by atoms with Gasteiger partial charge in [0.15, 0.2) is 0 Å². The predicted octanol–water partition coefficient (Wildman–Crippen LogP) is 3.29. The summed E-state index contributed by atoms with van der Waals surface area (Å²) in [7, 11) is 1.88. The van der Waals surface area contributed by atoms with Crippen molar-refractivity contribution in [3.8, 4) is 0 Å². The highest BCUT2D eigenvalue weighted by atomic mass is 35.5. The third kappa shape index (κ3) is 3.24. The average molecular weight is 322 g/mol. The zero-order chi connectivity index (χ0) is 14.8. The zero-order valence-electron chi connectivity index (χ0n) is 11.7. The maximum atomic E-state index is 12.1. The number of thioether (sulfide) groups is 1. The summed E-state index contributed by atoms with van der Waals surface area (Å²) >= 11 is 7.34. The van der Waals surface area contributed by atoms with Gasteiger partial charge in [0.1, 0.15) is 5.82 Å². The molecule has 1 aromatic carbocycles. The van der Waals surface area contributed by atoms with Crippen molar-refractivity contribution < 1.29 is 4.79 Å². The van der Waals surface area contributed by atoms with Crippen LogP contribution in [0.5, 0.6) is 0 Å². The molecule has 0 bridgehead atoms. The molecule has 0 unspecified atom stereocenters. The molecule has 110 valence electrons. The van der Waals surface area contributed by atoms with E-state index in [-0.39, 0.29) is 5.91 Å². The van der Waals surface area contributed by atoms with Crippen LogP contribution in [0.1, 0.15) is 17.7 Å². The number of carbonyl (C=O) groups is 1. The van der Waals surface area contributed by atoms with Crippen molar-refractivity contribution in [1.29, 1.82) is 0 Å². The molecule has 0 fully saturated rings. The van der Waals surface area contributed by atoms with Gasteiger partial charge in [-0.25, -0.2) is 0 Å². The second kappa shape index (κ2) is 6.12. The van der Waals surface area contributed by atoms with Crippen molar-refractivity contribution in [3.05, 3.63) is 40.5 Å². The van der Waals surface area contributed by atoms with Gasteiger partial charge in [-0.05, 0) is 43.5 Å². The second-order valence-corrected chi connectivity index (χ2v) is 6.53. The van der Waals surface area contributed by atoms with Crippen molar-refractivity contribution in [2.24, 2.45) is 7.05 Å². The van der Waals surface area contributed by atoms with E-state index in [1.54, 1.807) is 4.68 Å². The predicted molar refractivity (Wildman–Crippen MR) is 86.0 cm³/mol. The Labute approximate surface area is 132 Å². The summed E-state index contributed by atoms with van der Waals surface area (Å²) in [4.78, 5) is 13.1. The van der Waals surface area contributed by atoms with Gasteiger partial charge in [-0.1, -0.05) is 11.6 Å². The van der Waals surface area contributed by atoms with Gasteiger partial charge in [0, 0.05) is 22.5 Å². The third-order valence-electron chi connectivity index (χ3n) is 3.51. The van der Waals surface area contributed by atoms with Gasteiger partial charge >= 0.3 is 0 Å². The Balaban J connectivity index is 1.61. The van der Waals surface area contributed by atoms with Crippen LogP contribution >= 0.6 is 23.4 Å². The van der Waals surface area contributed by atoms with E-state index in [2.05, 4.69) is 10.4 Å². The number of hydrogen-bond donors (Lipinski definition) is 1. The molecule has 6 heteroatoms. The number of halogens is 1. The van der Waals surface area contributed by atoms with E-state index in [1.807, 2.05) is 31.3 Å². The molecule has 0 aliphatic heterocycles. The van der Waals surface area contributed by atoms with Crippen molar-refractivity contribution in [2.75, 3.05) is 11.1 Å². The van der Waals surface area contributed by atoms with Gasteiger partial charge in [0.2, 0.25) is 5.91 Å². The maximum absolute atomic E-state index is 12.1. The van der Waals surface area contributed by atoms with Crippen LogP contribution in [0.4, 0.5) is 5.82 Å². The lowest BCUT2D eigenvalue weighted by Gasteiger charge is -2.07. The Morgan fingerprint density at radius 2 is 2.14 bits per heavy atom. The fourth-order valence-electron chi connectivity index (χ4n) is 2.52. The molecule has 0 spiro atoms.